The van der Waals surface area contributed by atoms with Gasteiger partial charge in [0.15, 0.2) is 0 Å². The fourth-order valence-corrected chi connectivity index (χ4v) is 1.59. The van der Waals surface area contributed by atoms with E-state index in [9.17, 15) is 0 Å². The molecule has 1 N–H and O–H groups in total. The smallest absolute Gasteiger partial charge is 0.0755 e. The van der Waals surface area contributed by atoms with E-state index in [2.05, 4.69) is 41.3 Å². The van der Waals surface area contributed by atoms with Gasteiger partial charge in [-0.15, -0.1) is 0 Å². The average Bonchev–Trinajstić information content (AvgIpc) is 2.59. The van der Waals surface area contributed by atoms with Crippen molar-refractivity contribution in [3.63, 3.8) is 0 Å². The molecule has 1 aromatic heterocycles. The van der Waals surface area contributed by atoms with Crippen LogP contribution in [0.1, 0.15) is 50.1 Å². The van der Waals surface area contributed by atoms with Crippen molar-refractivity contribution in [3.05, 3.63) is 65.0 Å². The monoisotopic (exact) mass is 298 g/mol. The highest BCUT2D eigenvalue weighted by molar-refractivity contribution is 5.86. The molecule has 0 radical (unpaired) electrons. The molecule has 0 aliphatic carbocycles. The number of hydrogen-bond donors (Lipinski definition) is 1. The van der Waals surface area contributed by atoms with Crippen LogP contribution in [0.15, 0.2) is 47.8 Å². The highest BCUT2D eigenvalue weighted by atomic mass is 16.4. The lowest BCUT2D eigenvalue weighted by molar-refractivity contribution is 0.322. The van der Waals surface area contributed by atoms with E-state index in [1.165, 1.54) is 11.8 Å². The van der Waals surface area contributed by atoms with Gasteiger partial charge in [-0.1, -0.05) is 68.8 Å². The molecule has 1 aromatic carbocycles. The van der Waals surface area contributed by atoms with Crippen molar-refractivity contribution < 1.29 is 5.21 Å². The van der Waals surface area contributed by atoms with Crippen LogP contribution < -0.4 is 0 Å². The van der Waals surface area contributed by atoms with Crippen LogP contribution in [0, 0.1) is 6.92 Å². The average molecular weight is 298 g/mol. The Hall–Kier alpha value is -2.42. The van der Waals surface area contributed by atoms with Crippen molar-refractivity contribution >= 4 is 18.4 Å². The van der Waals surface area contributed by atoms with Gasteiger partial charge in [0, 0.05) is 11.8 Å². The molecule has 0 atom stereocenters. The molecule has 2 rings (SSSR count). The Morgan fingerprint density at radius 3 is 2.18 bits per heavy atom. The number of aryl methyl sites for hydroxylation is 1. The summed E-state index contributed by atoms with van der Waals surface area (Å²) >= 11 is 0. The standard InChI is InChI=1S/C15H14N2O.2C2H6/c1-12-4-6-13(7-5-12)8-9-15-14(11-17-18)3-2-10-16-15;2*1-2/h2-11,18H,1H3;2*1-2H3/b9-8+,17-11+;;. The summed E-state index contributed by atoms with van der Waals surface area (Å²) in [6.45, 7) is 10.1. The fourth-order valence-electron chi connectivity index (χ4n) is 1.59. The first kappa shape index (κ1) is 19.6. The van der Waals surface area contributed by atoms with E-state index in [0.717, 1.165) is 16.8 Å². The summed E-state index contributed by atoms with van der Waals surface area (Å²) in [7, 11) is 0. The number of oxime groups is 1. The summed E-state index contributed by atoms with van der Waals surface area (Å²) < 4.78 is 0. The minimum absolute atomic E-state index is 0.774. The molecule has 0 bridgehead atoms. The van der Waals surface area contributed by atoms with E-state index in [4.69, 9.17) is 5.21 Å². The molecule has 3 nitrogen and oxygen atoms in total. The van der Waals surface area contributed by atoms with Crippen molar-refractivity contribution in [1.82, 2.24) is 4.98 Å². The third kappa shape index (κ3) is 6.84. The highest BCUT2D eigenvalue weighted by Crippen LogP contribution is 2.10. The second-order valence-electron chi connectivity index (χ2n) is 3.97. The third-order valence-corrected chi connectivity index (χ3v) is 2.58. The van der Waals surface area contributed by atoms with E-state index >= 15 is 0 Å². The lowest BCUT2D eigenvalue weighted by atomic mass is 10.1. The highest BCUT2D eigenvalue weighted by Gasteiger charge is 1.96. The van der Waals surface area contributed by atoms with Gasteiger partial charge in [-0.25, -0.2) is 0 Å². The molecule has 0 saturated heterocycles. The van der Waals surface area contributed by atoms with Crippen LogP contribution in [0.5, 0.6) is 0 Å². The van der Waals surface area contributed by atoms with Crippen LogP contribution in [0.4, 0.5) is 0 Å². The maximum Gasteiger partial charge on any atom is 0.0755 e. The van der Waals surface area contributed by atoms with Gasteiger partial charge in [0.2, 0.25) is 0 Å². The Morgan fingerprint density at radius 1 is 0.955 bits per heavy atom. The summed E-state index contributed by atoms with van der Waals surface area (Å²) in [5.41, 5.74) is 3.90. The van der Waals surface area contributed by atoms with E-state index in [0.29, 0.717) is 0 Å². The molecule has 118 valence electrons. The normalized spacial score (nSPS) is 9.86. The molecule has 1 heterocycles. The Morgan fingerprint density at radius 2 is 1.59 bits per heavy atom. The maximum absolute atomic E-state index is 8.58. The molecular formula is C19H26N2O. The lowest BCUT2D eigenvalue weighted by Crippen LogP contribution is -1.89. The maximum atomic E-state index is 8.58. The number of rotatable bonds is 3. The topological polar surface area (TPSA) is 45.5 Å². The van der Waals surface area contributed by atoms with Crippen LogP contribution in [0.3, 0.4) is 0 Å². The van der Waals surface area contributed by atoms with Crippen molar-refractivity contribution in [3.8, 4) is 0 Å². The van der Waals surface area contributed by atoms with Gasteiger partial charge < -0.3 is 5.21 Å². The first-order chi connectivity index (χ1) is 10.8. The molecule has 2 aromatic rings. The predicted molar refractivity (Wildman–Crippen MR) is 96.4 cm³/mol. The molecule has 0 aliphatic rings. The first-order valence-corrected chi connectivity index (χ1v) is 7.67. The van der Waals surface area contributed by atoms with Crippen LogP contribution in [-0.4, -0.2) is 16.4 Å². The van der Waals surface area contributed by atoms with Crippen LogP contribution in [0.25, 0.3) is 12.2 Å². The second kappa shape index (κ2) is 12.3. The molecule has 0 spiro atoms. The van der Waals surface area contributed by atoms with E-state index in [1.807, 2.05) is 45.9 Å². The molecule has 0 unspecified atom stereocenters. The minimum atomic E-state index is 0.774. The SMILES string of the molecule is CC.CC.Cc1ccc(/C=C/c2ncccc2/C=N/O)cc1. The largest absolute Gasteiger partial charge is 0.411 e. The van der Waals surface area contributed by atoms with Crippen LogP contribution >= 0.6 is 0 Å². The number of aromatic nitrogens is 1. The summed E-state index contributed by atoms with van der Waals surface area (Å²) in [5, 5.41) is 11.6. The van der Waals surface area contributed by atoms with Gasteiger partial charge in [-0.3, -0.25) is 4.98 Å². The minimum Gasteiger partial charge on any atom is -0.411 e. The predicted octanol–water partition coefficient (Wildman–Crippen LogP) is 5.42. The zero-order valence-electron chi connectivity index (χ0n) is 14.1. The molecule has 0 aliphatic heterocycles. The Labute approximate surface area is 134 Å². The molecular weight excluding hydrogens is 272 g/mol. The number of benzene rings is 1. The van der Waals surface area contributed by atoms with Crippen molar-refractivity contribution in [2.45, 2.75) is 34.6 Å². The quantitative estimate of drug-likeness (QED) is 0.467. The summed E-state index contributed by atoms with van der Waals surface area (Å²) in [5.74, 6) is 0. The van der Waals surface area contributed by atoms with Gasteiger partial charge in [-0.2, -0.15) is 0 Å². The van der Waals surface area contributed by atoms with Gasteiger partial charge >= 0.3 is 0 Å². The van der Waals surface area contributed by atoms with Gasteiger partial charge in [0.25, 0.3) is 0 Å². The molecule has 3 heteroatoms. The van der Waals surface area contributed by atoms with Gasteiger partial charge in [0.05, 0.1) is 11.9 Å². The number of nitrogens with zero attached hydrogens (tertiary/aromatic N) is 2. The van der Waals surface area contributed by atoms with E-state index in [1.54, 1.807) is 12.3 Å². The summed E-state index contributed by atoms with van der Waals surface area (Å²) in [6.07, 6.45) is 6.98. The zero-order chi connectivity index (χ0) is 16.8. The van der Waals surface area contributed by atoms with E-state index < -0.39 is 0 Å². The van der Waals surface area contributed by atoms with E-state index in [-0.39, 0.29) is 0 Å². The lowest BCUT2D eigenvalue weighted by Gasteiger charge is -1.98. The Balaban J connectivity index is 0.00000102. The molecule has 22 heavy (non-hydrogen) atoms. The van der Waals surface area contributed by atoms with Crippen molar-refractivity contribution in [2.75, 3.05) is 0 Å². The first-order valence-electron chi connectivity index (χ1n) is 7.67. The van der Waals surface area contributed by atoms with Crippen LogP contribution in [-0.2, 0) is 0 Å². The van der Waals surface area contributed by atoms with Crippen molar-refractivity contribution in [2.24, 2.45) is 5.16 Å². The molecule has 0 amide bonds. The summed E-state index contributed by atoms with van der Waals surface area (Å²) in [6, 6.07) is 11.9. The Bertz CT molecular complexity index is 572. The van der Waals surface area contributed by atoms with Gasteiger partial charge in [-0.05, 0) is 30.7 Å². The third-order valence-electron chi connectivity index (χ3n) is 2.58. The van der Waals surface area contributed by atoms with Gasteiger partial charge in [0.1, 0.15) is 0 Å². The second-order valence-corrected chi connectivity index (χ2v) is 3.97. The molecule has 0 fully saturated rings. The Kier molecular flexibility index (Phi) is 11.0. The molecule has 0 saturated carbocycles. The van der Waals surface area contributed by atoms with Crippen molar-refractivity contribution in [1.29, 1.82) is 0 Å². The number of pyridine rings is 1. The van der Waals surface area contributed by atoms with Crippen LogP contribution in [0.2, 0.25) is 0 Å². The zero-order valence-corrected chi connectivity index (χ0v) is 14.1. The summed E-state index contributed by atoms with van der Waals surface area (Å²) in [4.78, 5) is 4.24. The fraction of sp³-hybridized carbons (Fsp3) is 0.263. The number of hydrogen-bond acceptors (Lipinski definition) is 3.